The van der Waals surface area contributed by atoms with Crippen molar-refractivity contribution in [2.24, 2.45) is 12.8 Å². The Morgan fingerprint density at radius 1 is 1.42 bits per heavy atom. The van der Waals surface area contributed by atoms with Crippen LogP contribution in [-0.2, 0) is 7.05 Å². The molecular formula is C13H15ClN4O. The predicted molar refractivity (Wildman–Crippen MR) is 75.2 cm³/mol. The lowest BCUT2D eigenvalue weighted by Crippen LogP contribution is -2.13. The molecule has 0 amide bonds. The van der Waals surface area contributed by atoms with Gasteiger partial charge in [0.2, 0.25) is 5.88 Å². The van der Waals surface area contributed by atoms with Gasteiger partial charge in [-0.3, -0.25) is 5.41 Å². The fraction of sp³-hybridized carbons (Fsp3) is 0.231. The molecule has 3 N–H and O–H groups in total. The van der Waals surface area contributed by atoms with E-state index in [0.29, 0.717) is 27.9 Å². The second-order valence-electron chi connectivity index (χ2n) is 4.34. The van der Waals surface area contributed by atoms with E-state index in [0.717, 1.165) is 5.56 Å². The van der Waals surface area contributed by atoms with Gasteiger partial charge in [0, 0.05) is 7.05 Å². The zero-order chi connectivity index (χ0) is 14.2. The summed E-state index contributed by atoms with van der Waals surface area (Å²) in [5.74, 6) is 0.845. The molecule has 1 aromatic carbocycles. The van der Waals surface area contributed by atoms with E-state index in [2.05, 4.69) is 5.10 Å². The molecule has 0 fully saturated rings. The summed E-state index contributed by atoms with van der Waals surface area (Å²) < 4.78 is 7.30. The van der Waals surface area contributed by atoms with Crippen molar-refractivity contribution >= 4 is 17.4 Å². The molecule has 5 nitrogen and oxygen atoms in total. The molecule has 2 aromatic rings. The summed E-state index contributed by atoms with van der Waals surface area (Å²) in [4.78, 5) is 0. The Morgan fingerprint density at radius 2 is 2.11 bits per heavy atom. The van der Waals surface area contributed by atoms with Crippen LogP contribution >= 0.6 is 11.6 Å². The van der Waals surface area contributed by atoms with Crippen LogP contribution < -0.4 is 10.5 Å². The van der Waals surface area contributed by atoms with Crippen LogP contribution in [0, 0.1) is 19.3 Å². The first kappa shape index (κ1) is 13.4. The molecule has 1 aromatic heterocycles. The van der Waals surface area contributed by atoms with Crippen molar-refractivity contribution in [3.8, 4) is 11.6 Å². The highest BCUT2D eigenvalue weighted by molar-refractivity contribution is 6.32. The molecule has 0 bridgehead atoms. The quantitative estimate of drug-likeness (QED) is 0.669. The highest BCUT2D eigenvalue weighted by Gasteiger charge is 2.18. The Morgan fingerprint density at radius 3 is 2.68 bits per heavy atom. The lowest BCUT2D eigenvalue weighted by molar-refractivity contribution is 0.430. The van der Waals surface area contributed by atoms with Crippen molar-refractivity contribution in [3.05, 3.63) is 40.0 Å². The Kier molecular flexibility index (Phi) is 3.48. The van der Waals surface area contributed by atoms with E-state index in [1.54, 1.807) is 24.7 Å². The summed E-state index contributed by atoms with van der Waals surface area (Å²) in [7, 11) is 1.73. The number of benzene rings is 1. The molecule has 0 saturated heterocycles. The van der Waals surface area contributed by atoms with Gasteiger partial charge in [-0.05, 0) is 31.5 Å². The summed E-state index contributed by atoms with van der Waals surface area (Å²) in [6.07, 6.45) is 0. The zero-order valence-electron chi connectivity index (χ0n) is 11.0. The van der Waals surface area contributed by atoms with Crippen LogP contribution in [-0.4, -0.2) is 15.6 Å². The molecule has 19 heavy (non-hydrogen) atoms. The van der Waals surface area contributed by atoms with Gasteiger partial charge in [-0.1, -0.05) is 17.7 Å². The Hall–Kier alpha value is -2.01. The van der Waals surface area contributed by atoms with Crippen LogP contribution in [0.25, 0.3) is 0 Å². The van der Waals surface area contributed by atoms with Crippen LogP contribution in [0.5, 0.6) is 11.6 Å². The number of nitrogen functional groups attached to an aromatic ring is 1. The van der Waals surface area contributed by atoms with Crippen LogP contribution in [0.4, 0.5) is 0 Å². The van der Waals surface area contributed by atoms with E-state index in [1.807, 2.05) is 19.1 Å². The van der Waals surface area contributed by atoms with Gasteiger partial charge in [-0.15, -0.1) is 0 Å². The van der Waals surface area contributed by atoms with E-state index < -0.39 is 0 Å². The van der Waals surface area contributed by atoms with Gasteiger partial charge >= 0.3 is 0 Å². The number of rotatable bonds is 3. The van der Waals surface area contributed by atoms with E-state index in [-0.39, 0.29) is 5.84 Å². The maximum absolute atomic E-state index is 7.60. The second-order valence-corrected chi connectivity index (χ2v) is 4.75. The van der Waals surface area contributed by atoms with Crippen molar-refractivity contribution in [2.45, 2.75) is 13.8 Å². The van der Waals surface area contributed by atoms with E-state index in [1.165, 1.54) is 0 Å². The van der Waals surface area contributed by atoms with Gasteiger partial charge in [-0.2, -0.15) is 5.10 Å². The highest BCUT2D eigenvalue weighted by atomic mass is 35.5. The number of nitrogens with one attached hydrogen (secondary N) is 1. The number of amidine groups is 1. The first-order valence-electron chi connectivity index (χ1n) is 5.72. The topological polar surface area (TPSA) is 76.9 Å². The Balaban J connectivity index is 2.46. The predicted octanol–water partition coefficient (Wildman–Crippen LogP) is 2.77. The number of aryl methyl sites for hydroxylation is 3. The molecule has 0 radical (unpaired) electrons. The zero-order valence-corrected chi connectivity index (χ0v) is 11.7. The number of hydrogen-bond donors (Lipinski definition) is 2. The van der Waals surface area contributed by atoms with E-state index in [9.17, 15) is 0 Å². The molecule has 0 aliphatic carbocycles. The van der Waals surface area contributed by atoms with Gasteiger partial charge in [0.25, 0.3) is 0 Å². The molecule has 0 unspecified atom stereocenters. The summed E-state index contributed by atoms with van der Waals surface area (Å²) in [6.45, 7) is 3.73. The first-order valence-corrected chi connectivity index (χ1v) is 6.10. The highest BCUT2D eigenvalue weighted by Crippen LogP contribution is 2.32. The largest absolute Gasteiger partial charge is 0.437 e. The number of halogens is 1. The third-order valence-corrected chi connectivity index (χ3v) is 3.03. The van der Waals surface area contributed by atoms with Gasteiger partial charge in [-0.25, -0.2) is 4.68 Å². The van der Waals surface area contributed by atoms with Crippen LogP contribution in [0.1, 0.15) is 16.8 Å². The van der Waals surface area contributed by atoms with E-state index >= 15 is 0 Å². The average molecular weight is 279 g/mol. The minimum atomic E-state index is -0.0798. The fourth-order valence-electron chi connectivity index (χ4n) is 1.86. The normalized spacial score (nSPS) is 10.5. The molecule has 6 heteroatoms. The lowest BCUT2D eigenvalue weighted by Gasteiger charge is -2.10. The van der Waals surface area contributed by atoms with Crippen molar-refractivity contribution in [3.63, 3.8) is 0 Å². The average Bonchev–Trinajstić information content (AvgIpc) is 2.57. The minimum Gasteiger partial charge on any atom is -0.437 e. The van der Waals surface area contributed by atoms with Crippen molar-refractivity contribution in [2.75, 3.05) is 0 Å². The summed E-state index contributed by atoms with van der Waals surface area (Å²) in [6, 6.07) is 5.50. The summed E-state index contributed by atoms with van der Waals surface area (Å²) in [5, 5.41) is 12.3. The summed E-state index contributed by atoms with van der Waals surface area (Å²) >= 11 is 6.13. The van der Waals surface area contributed by atoms with Crippen LogP contribution in [0.3, 0.4) is 0 Å². The molecule has 1 heterocycles. The first-order chi connectivity index (χ1) is 8.90. The molecule has 0 atom stereocenters. The molecule has 0 aliphatic rings. The van der Waals surface area contributed by atoms with Gasteiger partial charge in [0.15, 0.2) is 0 Å². The molecule has 0 saturated carbocycles. The number of hydrogen-bond acceptors (Lipinski definition) is 3. The Labute approximate surface area is 116 Å². The SMILES string of the molecule is Cc1ccc(Oc2c(C(=N)N)c(C)nn2C)c(Cl)c1. The maximum Gasteiger partial charge on any atom is 0.228 e. The Bertz CT molecular complexity index is 648. The third-order valence-electron chi connectivity index (χ3n) is 2.73. The van der Waals surface area contributed by atoms with E-state index in [4.69, 9.17) is 27.5 Å². The fourth-order valence-corrected chi connectivity index (χ4v) is 2.13. The monoisotopic (exact) mass is 278 g/mol. The van der Waals surface area contributed by atoms with Gasteiger partial charge < -0.3 is 10.5 Å². The lowest BCUT2D eigenvalue weighted by atomic mass is 10.2. The number of aromatic nitrogens is 2. The number of nitrogens with two attached hydrogens (primary N) is 1. The maximum atomic E-state index is 7.60. The van der Waals surface area contributed by atoms with Gasteiger partial charge in [0.05, 0.1) is 10.7 Å². The second kappa shape index (κ2) is 4.93. The minimum absolute atomic E-state index is 0.0798. The smallest absolute Gasteiger partial charge is 0.228 e. The third kappa shape index (κ3) is 2.56. The van der Waals surface area contributed by atoms with Crippen molar-refractivity contribution < 1.29 is 4.74 Å². The molecule has 100 valence electrons. The van der Waals surface area contributed by atoms with Gasteiger partial charge in [0.1, 0.15) is 17.1 Å². The van der Waals surface area contributed by atoms with Crippen LogP contribution in [0.15, 0.2) is 18.2 Å². The van der Waals surface area contributed by atoms with Crippen LogP contribution in [0.2, 0.25) is 5.02 Å². The molecule has 0 aliphatic heterocycles. The molecule has 0 spiro atoms. The molecule has 2 rings (SSSR count). The number of nitrogens with zero attached hydrogens (tertiary/aromatic N) is 2. The summed E-state index contributed by atoms with van der Waals surface area (Å²) in [5.41, 5.74) is 7.74. The van der Waals surface area contributed by atoms with Crippen molar-refractivity contribution in [1.29, 1.82) is 5.41 Å². The van der Waals surface area contributed by atoms with Crippen molar-refractivity contribution in [1.82, 2.24) is 9.78 Å². The molecular weight excluding hydrogens is 264 g/mol. The number of ether oxygens (including phenoxy) is 1. The standard InChI is InChI=1S/C13H15ClN4O/c1-7-4-5-10(9(14)6-7)19-13-11(12(15)16)8(2)17-18(13)3/h4-6H,1-3H3,(H3,15,16).